The van der Waals surface area contributed by atoms with E-state index in [1.807, 2.05) is 0 Å². The molecule has 0 saturated heterocycles. The molecule has 0 bridgehead atoms. The number of halogens is 8. The van der Waals surface area contributed by atoms with E-state index in [0.29, 0.717) is 16.8 Å². The summed E-state index contributed by atoms with van der Waals surface area (Å²) < 4.78 is 105. The van der Waals surface area contributed by atoms with Crippen LogP contribution in [0.2, 0.25) is 0 Å². The molecule has 0 unspecified atom stereocenters. The number of hydrogen-bond acceptors (Lipinski definition) is 4. The van der Waals surface area contributed by atoms with Crippen molar-refractivity contribution in [2.45, 2.75) is 31.4 Å². The molecule has 0 saturated carbocycles. The van der Waals surface area contributed by atoms with Crippen LogP contribution in [0.4, 0.5) is 35.1 Å². The van der Waals surface area contributed by atoms with Crippen molar-refractivity contribution in [2.24, 2.45) is 0 Å². The lowest BCUT2D eigenvalue weighted by molar-refractivity contribution is -0.287. The van der Waals surface area contributed by atoms with Crippen molar-refractivity contribution in [3.05, 3.63) is 52.3 Å². The fraction of sp³-hybridized carbons (Fsp3) is 0.312. The van der Waals surface area contributed by atoms with Crippen molar-refractivity contribution in [3.63, 3.8) is 0 Å². The van der Waals surface area contributed by atoms with Gasteiger partial charge in [0.25, 0.3) is 5.56 Å². The Hall–Kier alpha value is -3.03. The van der Waals surface area contributed by atoms with Crippen LogP contribution in [0.25, 0.3) is 16.8 Å². The molecule has 3 aromatic rings. The predicted octanol–water partition coefficient (Wildman–Crippen LogP) is 3.27. The number of hydrogen-bond donors (Lipinski definition) is 1. The Labute approximate surface area is 161 Å². The lowest BCUT2D eigenvalue weighted by Crippen LogP contribution is -2.40. The first-order valence-corrected chi connectivity index (χ1v) is 7.95. The average Bonchev–Trinajstić information content (AvgIpc) is 3.06. The van der Waals surface area contributed by atoms with Gasteiger partial charge in [-0.2, -0.15) is 40.2 Å². The maximum absolute atomic E-state index is 13.5. The highest BCUT2D eigenvalue weighted by Gasteiger charge is 2.57. The van der Waals surface area contributed by atoms with Gasteiger partial charge >= 0.3 is 18.3 Å². The predicted molar refractivity (Wildman–Crippen MR) is 84.6 cm³/mol. The van der Waals surface area contributed by atoms with Crippen molar-refractivity contribution in [2.75, 3.05) is 0 Å². The number of rotatable bonds is 4. The van der Waals surface area contributed by atoms with Crippen LogP contribution >= 0.6 is 0 Å². The first-order valence-electron chi connectivity index (χ1n) is 7.95. The second-order valence-corrected chi connectivity index (χ2v) is 6.19. The Morgan fingerprint density at radius 1 is 1.07 bits per heavy atom. The van der Waals surface area contributed by atoms with Crippen LogP contribution in [0.3, 0.4) is 0 Å². The summed E-state index contributed by atoms with van der Waals surface area (Å²) in [6.45, 7) is -2.52. The Bertz CT molecular complexity index is 1150. The monoisotopic (exact) mass is 442 g/mol. The number of aliphatic hydroxyl groups is 1. The fourth-order valence-corrected chi connectivity index (χ4v) is 2.62. The van der Waals surface area contributed by atoms with Crippen LogP contribution in [0.15, 0.2) is 35.5 Å². The average molecular weight is 442 g/mol. The summed E-state index contributed by atoms with van der Waals surface area (Å²) in [5.41, 5.74) is -4.91. The second kappa shape index (κ2) is 7.04. The summed E-state index contributed by atoms with van der Waals surface area (Å²) in [6, 6.07) is 2.27. The zero-order valence-electron chi connectivity index (χ0n) is 14.5. The molecule has 0 aliphatic heterocycles. The minimum absolute atomic E-state index is 0.0894. The molecule has 0 spiro atoms. The van der Waals surface area contributed by atoms with Gasteiger partial charge in [-0.1, -0.05) is 0 Å². The van der Waals surface area contributed by atoms with Crippen molar-refractivity contribution >= 4 is 5.65 Å². The van der Waals surface area contributed by atoms with Crippen molar-refractivity contribution in [1.82, 2.24) is 19.2 Å². The van der Waals surface area contributed by atoms with Crippen molar-refractivity contribution < 1.29 is 40.2 Å². The van der Waals surface area contributed by atoms with Crippen LogP contribution < -0.4 is 5.56 Å². The van der Waals surface area contributed by atoms with Gasteiger partial charge in [-0.15, -0.1) is 0 Å². The van der Waals surface area contributed by atoms with Gasteiger partial charge in [0, 0.05) is 18.0 Å². The van der Waals surface area contributed by atoms with Gasteiger partial charge in [-0.05, 0) is 17.7 Å². The molecule has 3 rings (SSSR count). The maximum Gasteiger partial charge on any atom is 0.455 e. The summed E-state index contributed by atoms with van der Waals surface area (Å²) >= 11 is 0. The summed E-state index contributed by atoms with van der Waals surface area (Å²) in [7, 11) is 0. The Morgan fingerprint density at radius 3 is 2.30 bits per heavy atom. The summed E-state index contributed by atoms with van der Waals surface area (Å²) in [5, 5.41) is 12.3. The molecule has 0 aliphatic rings. The largest absolute Gasteiger partial charge is 0.455 e. The molecular formula is C16H10F8N4O2. The molecule has 0 radical (unpaired) electrons. The fourth-order valence-electron chi connectivity index (χ4n) is 2.62. The van der Waals surface area contributed by atoms with E-state index in [2.05, 4.69) is 10.1 Å². The molecule has 30 heavy (non-hydrogen) atoms. The van der Waals surface area contributed by atoms with Gasteiger partial charge in [-0.3, -0.25) is 13.9 Å². The highest BCUT2D eigenvalue weighted by atomic mass is 19.4. The van der Waals surface area contributed by atoms with Crippen LogP contribution in [-0.2, 0) is 19.3 Å². The molecule has 3 aromatic heterocycles. The third-order valence-electron chi connectivity index (χ3n) is 4.04. The van der Waals surface area contributed by atoms with E-state index in [9.17, 15) is 39.9 Å². The van der Waals surface area contributed by atoms with Gasteiger partial charge in [0.2, 0.25) is 0 Å². The van der Waals surface area contributed by atoms with Gasteiger partial charge in [0.1, 0.15) is 12.2 Å². The van der Waals surface area contributed by atoms with Gasteiger partial charge < -0.3 is 5.11 Å². The third kappa shape index (κ3) is 3.86. The summed E-state index contributed by atoms with van der Waals surface area (Å²) in [6.07, 6.45) is -8.97. The van der Waals surface area contributed by atoms with E-state index < -0.39 is 59.5 Å². The van der Waals surface area contributed by atoms with Crippen LogP contribution in [0.5, 0.6) is 0 Å². The van der Waals surface area contributed by atoms with E-state index in [0.717, 1.165) is 12.3 Å². The molecule has 6 nitrogen and oxygen atoms in total. The zero-order chi connectivity index (χ0) is 22.5. The van der Waals surface area contributed by atoms with Crippen LogP contribution in [-0.4, -0.2) is 36.4 Å². The smallest absolute Gasteiger partial charge is 0.392 e. The second-order valence-electron chi connectivity index (χ2n) is 6.19. The summed E-state index contributed by atoms with van der Waals surface area (Å²) in [5.74, 6) is -5.19. The van der Waals surface area contributed by atoms with E-state index >= 15 is 0 Å². The molecule has 0 aromatic carbocycles. The minimum Gasteiger partial charge on any atom is -0.392 e. The Morgan fingerprint density at radius 2 is 1.73 bits per heavy atom. The number of fused-ring (bicyclic) bond motifs is 1. The number of pyridine rings is 1. The summed E-state index contributed by atoms with van der Waals surface area (Å²) in [4.78, 5) is 16.0. The minimum atomic E-state index is -5.90. The Balaban J connectivity index is 2.18. The number of aromatic nitrogens is 4. The lowest BCUT2D eigenvalue weighted by Gasteiger charge is -2.19. The first kappa shape index (κ1) is 21.7. The van der Waals surface area contributed by atoms with E-state index in [4.69, 9.17) is 5.11 Å². The molecule has 1 N–H and O–H groups in total. The molecule has 3 heterocycles. The van der Waals surface area contributed by atoms with E-state index in [1.54, 1.807) is 0 Å². The number of aliphatic hydroxyl groups excluding tert-OH is 1. The highest BCUT2D eigenvalue weighted by Crippen LogP contribution is 2.37. The lowest BCUT2D eigenvalue weighted by atomic mass is 10.1. The molecule has 0 amide bonds. The molecule has 0 aliphatic carbocycles. The zero-order valence-corrected chi connectivity index (χ0v) is 14.5. The molecular weight excluding hydrogens is 432 g/mol. The topological polar surface area (TPSA) is 72.4 Å². The van der Waals surface area contributed by atoms with Crippen LogP contribution in [0, 0.1) is 0 Å². The Kier molecular flexibility index (Phi) is 5.08. The van der Waals surface area contributed by atoms with Gasteiger partial charge in [0.05, 0.1) is 18.4 Å². The molecule has 14 heteroatoms. The molecule has 0 fully saturated rings. The SMILES string of the molecule is O=c1c(-c2cnn(CC(F)(F)C(F)(F)F)c2)c(C(F)(F)F)nc2cc(CO)ccn12. The van der Waals surface area contributed by atoms with Gasteiger partial charge in [0.15, 0.2) is 5.69 Å². The molecule has 0 atom stereocenters. The van der Waals surface area contributed by atoms with Gasteiger partial charge in [-0.25, -0.2) is 4.98 Å². The van der Waals surface area contributed by atoms with E-state index in [1.165, 1.54) is 6.07 Å². The standard InChI is InChI=1S/C16H10F8N4O2/c17-14(18,16(22,23)24)7-27-5-9(4-25-27)11-12(15(19,20)21)26-10-3-8(6-29)1-2-28(10)13(11)30/h1-5,29H,6-7H2. The van der Waals surface area contributed by atoms with Crippen LogP contribution in [0.1, 0.15) is 11.3 Å². The number of alkyl halides is 8. The third-order valence-corrected chi connectivity index (χ3v) is 4.04. The van der Waals surface area contributed by atoms with E-state index in [-0.39, 0.29) is 10.2 Å². The first-order chi connectivity index (χ1) is 13.7. The highest BCUT2D eigenvalue weighted by molar-refractivity contribution is 5.66. The quantitative estimate of drug-likeness (QED) is 0.630. The van der Waals surface area contributed by atoms with Crippen molar-refractivity contribution in [1.29, 1.82) is 0 Å². The maximum atomic E-state index is 13.5. The van der Waals surface area contributed by atoms with Crippen molar-refractivity contribution in [3.8, 4) is 11.1 Å². The normalized spacial score (nSPS) is 13.2. The number of nitrogens with zero attached hydrogens (tertiary/aromatic N) is 4. The molecule has 162 valence electrons.